The number of aromatic hydroxyl groups is 1. The van der Waals surface area contributed by atoms with E-state index in [2.05, 4.69) is 20.5 Å². The number of nitrogens with zero attached hydrogens (tertiary/aromatic N) is 1. The Bertz CT molecular complexity index is 2170. The summed E-state index contributed by atoms with van der Waals surface area (Å²) in [4.78, 5) is 43.9. The summed E-state index contributed by atoms with van der Waals surface area (Å²) in [5.41, 5.74) is 1.01. The first-order chi connectivity index (χ1) is 27.0. The van der Waals surface area contributed by atoms with Gasteiger partial charge in [0.25, 0.3) is 0 Å². The van der Waals surface area contributed by atoms with Crippen LogP contribution in [0.4, 0.5) is 10.5 Å². The molecule has 15 heteroatoms. The third-order valence-electron chi connectivity index (χ3n) is 11.0. The lowest BCUT2D eigenvalue weighted by atomic mass is 9.61. The second-order valence-electron chi connectivity index (χ2n) is 14.6. The van der Waals surface area contributed by atoms with Gasteiger partial charge in [-0.15, -0.1) is 22.7 Å². The summed E-state index contributed by atoms with van der Waals surface area (Å²) >= 11 is 2.67. The van der Waals surface area contributed by atoms with Gasteiger partial charge in [0.15, 0.2) is 0 Å². The number of esters is 1. The number of pyridine rings is 1. The SMILES string of the molecule is COc1cc(NC(=O)OCCN2CCC3(CC2)CC(OC(=O)C(O)(c2cccs2)c2cccs2)C3)c(C)cc1CNC[C@H](O)c1ccc(O)c2[nH]c(=O)ccc12. The summed E-state index contributed by atoms with van der Waals surface area (Å²) in [6.07, 6.45) is 1.77. The highest BCUT2D eigenvalue weighted by molar-refractivity contribution is 7.12. The number of methoxy groups -OCH3 is 1. The number of piperidine rings is 1. The minimum atomic E-state index is -1.79. The van der Waals surface area contributed by atoms with Gasteiger partial charge in [0.05, 0.1) is 34.2 Å². The number of carbonyl (C=O) groups is 2. The number of aliphatic hydroxyl groups is 2. The molecule has 0 unspecified atom stereocenters. The number of aromatic amines is 1. The molecule has 4 heterocycles. The van der Waals surface area contributed by atoms with Crippen LogP contribution in [0.25, 0.3) is 10.9 Å². The van der Waals surface area contributed by atoms with Crippen LogP contribution in [0.2, 0.25) is 0 Å². The van der Waals surface area contributed by atoms with Crippen LogP contribution in [0.3, 0.4) is 0 Å². The molecule has 3 aromatic heterocycles. The molecule has 296 valence electrons. The normalized spacial score (nSPS) is 16.4. The van der Waals surface area contributed by atoms with E-state index in [0.717, 1.165) is 49.9 Å². The van der Waals surface area contributed by atoms with Crippen LogP contribution in [-0.2, 0) is 26.4 Å². The number of aliphatic hydroxyl groups excluding tert-OH is 1. The first-order valence-electron chi connectivity index (χ1n) is 18.6. The van der Waals surface area contributed by atoms with Crippen molar-refractivity contribution >= 4 is 51.3 Å². The molecule has 56 heavy (non-hydrogen) atoms. The number of aryl methyl sites for hydroxylation is 1. The van der Waals surface area contributed by atoms with E-state index in [1.165, 1.54) is 34.8 Å². The molecule has 2 aromatic carbocycles. The average molecular weight is 803 g/mol. The van der Waals surface area contributed by atoms with E-state index in [9.17, 15) is 29.7 Å². The fourth-order valence-electron chi connectivity index (χ4n) is 7.80. The minimum absolute atomic E-state index is 0.0716. The van der Waals surface area contributed by atoms with Crippen LogP contribution in [0.15, 0.2) is 76.2 Å². The van der Waals surface area contributed by atoms with Crippen LogP contribution < -0.4 is 20.9 Å². The lowest BCUT2D eigenvalue weighted by Crippen LogP contribution is -2.52. The Morgan fingerprint density at radius 3 is 2.43 bits per heavy atom. The Balaban J connectivity index is 0.834. The van der Waals surface area contributed by atoms with Crippen molar-refractivity contribution in [2.45, 2.75) is 57.0 Å². The van der Waals surface area contributed by atoms with E-state index in [0.29, 0.717) is 45.2 Å². The molecule has 1 saturated carbocycles. The molecular weight excluding hydrogens is 757 g/mol. The summed E-state index contributed by atoms with van der Waals surface area (Å²) in [5.74, 6) is -0.138. The van der Waals surface area contributed by atoms with E-state index in [1.54, 1.807) is 37.4 Å². The number of fused-ring (bicyclic) bond motifs is 1. The maximum atomic E-state index is 13.3. The van der Waals surface area contributed by atoms with Gasteiger partial charge in [-0.05, 0) is 103 Å². The molecule has 1 saturated heterocycles. The van der Waals surface area contributed by atoms with Crippen molar-refractivity contribution in [1.82, 2.24) is 15.2 Å². The summed E-state index contributed by atoms with van der Waals surface area (Å²) < 4.78 is 17.0. The Hall–Kier alpha value is -4.77. The van der Waals surface area contributed by atoms with Crippen LogP contribution in [-0.4, -0.2) is 83.3 Å². The number of ether oxygens (including phenoxy) is 3. The van der Waals surface area contributed by atoms with Gasteiger partial charge in [-0.25, -0.2) is 9.59 Å². The van der Waals surface area contributed by atoms with Gasteiger partial charge in [-0.2, -0.15) is 0 Å². The number of benzene rings is 2. The average Bonchev–Trinajstić information content (AvgIpc) is 3.93. The molecule has 5 aromatic rings. The van der Waals surface area contributed by atoms with Crippen LogP contribution in [0.5, 0.6) is 11.5 Å². The maximum Gasteiger partial charge on any atom is 0.411 e. The van der Waals surface area contributed by atoms with E-state index < -0.39 is 23.8 Å². The maximum absolute atomic E-state index is 13.3. The second kappa shape index (κ2) is 16.8. The van der Waals surface area contributed by atoms with Crippen molar-refractivity contribution in [1.29, 1.82) is 0 Å². The molecule has 1 aliphatic heterocycles. The number of nitrogens with one attached hydrogen (secondary N) is 3. The molecule has 1 atom stereocenters. The minimum Gasteiger partial charge on any atom is -0.506 e. The van der Waals surface area contributed by atoms with Gasteiger partial charge >= 0.3 is 12.1 Å². The summed E-state index contributed by atoms with van der Waals surface area (Å²) in [6.45, 7) is 4.99. The molecule has 6 N–H and O–H groups in total. The highest BCUT2D eigenvalue weighted by Crippen LogP contribution is 2.51. The number of rotatable bonds is 14. The quantitative estimate of drug-likeness (QED) is 0.0751. The molecule has 2 aliphatic rings. The number of phenolic OH excluding ortho intramolecular Hbond substituents is 1. The molecule has 13 nitrogen and oxygen atoms in total. The number of H-pyrrole nitrogens is 1. The number of phenols is 1. The first kappa shape index (κ1) is 39.5. The lowest BCUT2D eigenvalue weighted by molar-refractivity contribution is -0.181. The number of likely N-dealkylation sites (tertiary alicyclic amines) is 1. The zero-order chi connectivity index (χ0) is 39.5. The fraction of sp³-hybridized carbons (Fsp3) is 0.390. The van der Waals surface area contributed by atoms with Gasteiger partial charge in [0, 0.05) is 42.7 Å². The Labute approximate surface area is 331 Å². The van der Waals surface area contributed by atoms with E-state index in [4.69, 9.17) is 14.2 Å². The summed E-state index contributed by atoms with van der Waals surface area (Å²) in [6, 6.07) is 16.8. The van der Waals surface area contributed by atoms with Gasteiger partial charge in [0.2, 0.25) is 11.2 Å². The number of thiophene rings is 2. The molecule has 1 spiro atoms. The van der Waals surface area contributed by atoms with E-state index in [1.807, 2.05) is 35.9 Å². The topological polar surface area (TPSA) is 183 Å². The Morgan fingerprint density at radius 2 is 1.77 bits per heavy atom. The van der Waals surface area contributed by atoms with Gasteiger partial charge in [-0.1, -0.05) is 18.2 Å². The highest BCUT2D eigenvalue weighted by atomic mass is 32.1. The molecule has 1 amide bonds. The zero-order valence-corrected chi connectivity index (χ0v) is 32.8. The highest BCUT2D eigenvalue weighted by Gasteiger charge is 2.51. The van der Waals surface area contributed by atoms with Crippen molar-refractivity contribution < 1.29 is 39.1 Å². The number of hydrogen-bond acceptors (Lipinski definition) is 13. The number of hydrogen-bond donors (Lipinski definition) is 6. The van der Waals surface area contributed by atoms with E-state index in [-0.39, 0.29) is 41.5 Å². The van der Waals surface area contributed by atoms with Crippen molar-refractivity contribution in [3.8, 4) is 11.5 Å². The molecular formula is C41H46N4O9S2. The fourth-order valence-corrected chi connectivity index (χ4v) is 9.52. The third-order valence-corrected chi connectivity index (χ3v) is 12.9. The van der Waals surface area contributed by atoms with Gasteiger partial charge < -0.3 is 39.8 Å². The van der Waals surface area contributed by atoms with Gasteiger partial charge in [-0.3, -0.25) is 15.0 Å². The molecule has 1 aliphatic carbocycles. The number of aromatic nitrogens is 1. The third kappa shape index (κ3) is 8.33. The second-order valence-corrected chi connectivity index (χ2v) is 16.5. The lowest BCUT2D eigenvalue weighted by Gasteiger charge is -2.51. The van der Waals surface area contributed by atoms with Crippen LogP contribution in [0, 0.1) is 12.3 Å². The summed E-state index contributed by atoms with van der Waals surface area (Å²) in [7, 11) is 1.55. The predicted octanol–water partition coefficient (Wildman–Crippen LogP) is 5.77. The number of carbonyl (C=O) groups excluding carboxylic acids is 2. The standard InChI is InChI=1S/C41H46N4O9S2/c1-25-19-26(23-42-24-32(47)28-7-9-31(46)37-29(28)8-10-36(48)44-37)33(52-2)20-30(25)43-39(50)53-16-15-45-13-11-40(12-14-45)21-27(22-40)54-38(49)41(51,34-5-3-17-55-34)35-6-4-18-56-35/h3-10,17-20,27,32,42,46-47,51H,11-16,21-24H2,1-2H3,(H,43,50)(H,44,48)/t32-/m0/s1. The van der Waals surface area contributed by atoms with Crippen molar-refractivity contribution in [3.05, 3.63) is 108 Å². The monoisotopic (exact) mass is 802 g/mol. The summed E-state index contributed by atoms with van der Waals surface area (Å²) in [5, 5.41) is 42.9. The largest absolute Gasteiger partial charge is 0.506 e. The number of amides is 1. The molecule has 7 rings (SSSR count). The molecule has 0 radical (unpaired) electrons. The molecule has 2 fully saturated rings. The smallest absolute Gasteiger partial charge is 0.411 e. The van der Waals surface area contributed by atoms with E-state index >= 15 is 0 Å². The van der Waals surface area contributed by atoms with Gasteiger partial charge in [0.1, 0.15) is 24.2 Å². The Kier molecular flexibility index (Phi) is 11.8. The Morgan fingerprint density at radius 1 is 1.05 bits per heavy atom. The zero-order valence-electron chi connectivity index (χ0n) is 31.2. The molecule has 0 bridgehead atoms. The van der Waals surface area contributed by atoms with Crippen LogP contribution in [0.1, 0.15) is 58.2 Å². The first-order valence-corrected chi connectivity index (χ1v) is 20.3. The van der Waals surface area contributed by atoms with Crippen molar-refractivity contribution in [2.24, 2.45) is 5.41 Å². The number of anilines is 1. The van der Waals surface area contributed by atoms with Crippen LogP contribution >= 0.6 is 22.7 Å². The predicted molar refractivity (Wildman–Crippen MR) is 214 cm³/mol. The van der Waals surface area contributed by atoms with Crippen molar-refractivity contribution in [2.75, 3.05) is 45.2 Å². The van der Waals surface area contributed by atoms with Crippen molar-refractivity contribution in [3.63, 3.8) is 0 Å².